The summed E-state index contributed by atoms with van der Waals surface area (Å²) >= 11 is 1.56. The van der Waals surface area contributed by atoms with Gasteiger partial charge in [-0.15, -0.1) is 36.2 Å². The SMILES string of the molecule is CCN1CCc2nc(NC(=O)C(N)c3ccccc3)sc2C1.Cl.Cl. The third-order valence-corrected chi connectivity index (χ3v) is 4.93. The number of aromatic nitrogens is 1. The normalized spacial score (nSPS) is 14.8. The number of nitrogens with zero attached hydrogens (tertiary/aromatic N) is 2. The van der Waals surface area contributed by atoms with Crippen molar-refractivity contribution in [3.63, 3.8) is 0 Å². The van der Waals surface area contributed by atoms with E-state index < -0.39 is 6.04 Å². The molecule has 5 nitrogen and oxygen atoms in total. The summed E-state index contributed by atoms with van der Waals surface area (Å²) in [5, 5.41) is 3.51. The summed E-state index contributed by atoms with van der Waals surface area (Å²) in [7, 11) is 0. The van der Waals surface area contributed by atoms with Crippen molar-refractivity contribution in [2.45, 2.75) is 25.9 Å². The van der Waals surface area contributed by atoms with Gasteiger partial charge in [-0.1, -0.05) is 37.3 Å². The van der Waals surface area contributed by atoms with Crippen molar-refractivity contribution in [1.29, 1.82) is 0 Å². The Morgan fingerprint density at radius 1 is 1.38 bits per heavy atom. The Balaban J connectivity index is 0.00000144. The number of anilines is 1. The van der Waals surface area contributed by atoms with Crippen LogP contribution in [0.1, 0.15) is 29.1 Å². The largest absolute Gasteiger partial charge is 0.316 e. The van der Waals surface area contributed by atoms with Crippen molar-refractivity contribution in [3.05, 3.63) is 46.5 Å². The molecule has 132 valence electrons. The van der Waals surface area contributed by atoms with Gasteiger partial charge in [0.2, 0.25) is 5.91 Å². The number of thiazole rings is 1. The number of hydrogen-bond donors (Lipinski definition) is 2. The zero-order chi connectivity index (χ0) is 15.5. The number of halogens is 2. The van der Waals surface area contributed by atoms with Crippen LogP contribution in [0.2, 0.25) is 0 Å². The number of rotatable bonds is 4. The number of amides is 1. The predicted octanol–water partition coefficient (Wildman–Crippen LogP) is 3.00. The number of benzene rings is 1. The highest BCUT2D eigenvalue weighted by atomic mass is 35.5. The van der Waals surface area contributed by atoms with Gasteiger partial charge in [-0.05, 0) is 12.1 Å². The van der Waals surface area contributed by atoms with Crippen LogP contribution in [0.15, 0.2) is 30.3 Å². The lowest BCUT2D eigenvalue weighted by Gasteiger charge is -2.23. The molecule has 0 saturated carbocycles. The van der Waals surface area contributed by atoms with Crippen molar-refractivity contribution < 1.29 is 4.79 Å². The minimum Gasteiger partial charge on any atom is -0.316 e. The van der Waals surface area contributed by atoms with Crippen LogP contribution in [-0.2, 0) is 17.8 Å². The Bertz CT molecular complexity index is 665. The van der Waals surface area contributed by atoms with Gasteiger partial charge in [0.1, 0.15) is 6.04 Å². The summed E-state index contributed by atoms with van der Waals surface area (Å²) in [6.45, 7) is 5.15. The van der Waals surface area contributed by atoms with Gasteiger partial charge in [0, 0.05) is 24.4 Å². The van der Waals surface area contributed by atoms with Gasteiger partial charge in [-0.25, -0.2) is 4.98 Å². The predicted molar refractivity (Wildman–Crippen MR) is 103 cm³/mol. The average molecular weight is 389 g/mol. The fourth-order valence-corrected chi connectivity index (χ4v) is 3.62. The first-order chi connectivity index (χ1) is 10.7. The minimum atomic E-state index is -0.672. The van der Waals surface area contributed by atoms with Crippen LogP contribution in [0.4, 0.5) is 5.13 Å². The molecule has 0 aliphatic carbocycles. The first kappa shape index (κ1) is 20.9. The van der Waals surface area contributed by atoms with E-state index in [0.29, 0.717) is 5.13 Å². The topological polar surface area (TPSA) is 71.2 Å². The quantitative estimate of drug-likeness (QED) is 0.844. The summed E-state index contributed by atoms with van der Waals surface area (Å²) in [4.78, 5) is 20.4. The number of carbonyl (C=O) groups excluding carboxylic acids is 1. The van der Waals surface area contributed by atoms with Crippen LogP contribution >= 0.6 is 36.2 Å². The Labute approximate surface area is 158 Å². The second-order valence-electron chi connectivity index (χ2n) is 5.39. The van der Waals surface area contributed by atoms with Crippen molar-refractivity contribution in [3.8, 4) is 0 Å². The summed E-state index contributed by atoms with van der Waals surface area (Å²) in [5.41, 5.74) is 7.92. The van der Waals surface area contributed by atoms with E-state index in [1.54, 1.807) is 11.3 Å². The molecule has 2 aromatic rings. The van der Waals surface area contributed by atoms with E-state index in [0.717, 1.165) is 37.3 Å². The maximum absolute atomic E-state index is 12.3. The molecule has 1 aromatic heterocycles. The highest BCUT2D eigenvalue weighted by Gasteiger charge is 2.22. The van der Waals surface area contributed by atoms with E-state index in [-0.39, 0.29) is 30.7 Å². The van der Waals surface area contributed by atoms with E-state index in [4.69, 9.17) is 5.73 Å². The van der Waals surface area contributed by atoms with Crippen LogP contribution < -0.4 is 11.1 Å². The molecule has 3 N–H and O–H groups in total. The highest BCUT2D eigenvalue weighted by molar-refractivity contribution is 7.15. The maximum Gasteiger partial charge on any atom is 0.247 e. The fraction of sp³-hybridized carbons (Fsp3) is 0.375. The fourth-order valence-electron chi connectivity index (χ4n) is 2.57. The molecule has 2 heterocycles. The first-order valence-electron chi connectivity index (χ1n) is 7.49. The van der Waals surface area contributed by atoms with E-state index in [1.807, 2.05) is 30.3 Å². The van der Waals surface area contributed by atoms with Crippen molar-refractivity contribution in [2.75, 3.05) is 18.4 Å². The van der Waals surface area contributed by atoms with Crippen molar-refractivity contribution in [1.82, 2.24) is 9.88 Å². The smallest absolute Gasteiger partial charge is 0.247 e. The summed E-state index contributed by atoms with van der Waals surface area (Å²) < 4.78 is 0. The molecule has 24 heavy (non-hydrogen) atoms. The Morgan fingerprint density at radius 2 is 2.08 bits per heavy atom. The van der Waals surface area contributed by atoms with E-state index in [1.165, 1.54) is 4.88 Å². The van der Waals surface area contributed by atoms with Gasteiger partial charge < -0.3 is 11.1 Å². The molecule has 1 aromatic carbocycles. The molecule has 8 heteroatoms. The molecule has 0 spiro atoms. The number of nitrogens with two attached hydrogens (primary N) is 1. The molecule has 0 radical (unpaired) electrons. The molecule has 1 aliphatic rings. The second-order valence-corrected chi connectivity index (χ2v) is 6.47. The molecule has 1 aliphatic heterocycles. The molecular formula is C16H22Cl2N4OS. The van der Waals surface area contributed by atoms with Crippen LogP contribution in [0.5, 0.6) is 0 Å². The molecule has 1 unspecified atom stereocenters. The average Bonchev–Trinajstić information content (AvgIpc) is 2.95. The van der Waals surface area contributed by atoms with Crippen molar-refractivity contribution >= 4 is 47.2 Å². The van der Waals surface area contributed by atoms with Gasteiger partial charge in [-0.2, -0.15) is 0 Å². The second kappa shape index (κ2) is 9.34. The molecule has 0 saturated heterocycles. The van der Waals surface area contributed by atoms with Gasteiger partial charge in [0.15, 0.2) is 5.13 Å². The molecule has 0 bridgehead atoms. The summed E-state index contributed by atoms with van der Waals surface area (Å²) in [6, 6.07) is 8.71. The van der Waals surface area contributed by atoms with Crippen LogP contribution in [0.25, 0.3) is 0 Å². The Morgan fingerprint density at radius 3 is 2.75 bits per heavy atom. The lowest BCUT2D eigenvalue weighted by atomic mass is 10.1. The lowest BCUT2D eigenvalue weighted by Crippen LogP contribution is -2.29. The van der Waals surface area contributed by atoms with Gasteiger partial charge in [-0.3, -0.25) is 9.69 Å². The first-order valence-corrected chi connectivity index (χ1v) is 8.31. The summed E-state index contributed by atoms with van der Waals surface area (Å²) in [6.07, 6.45) is 0.945. The molecule has 0 fully saturated rings. The van der Waals surface area contributed by atoms with E-state index in [9.17, 15) is 4.79 Å². The van der Waals surface area contributed by atoms with Crippen LogP contribution in [0, 0.1) is 0 Å². The molecular weight excluding hydrogens is 367 g/mol. The zero-order valence-corrected chi connectivity index (χ0v) is 15.8. The molecule has 3 rings (SSSR count). The van der Waals surface area contributed by atoms with E-state index in [2.05, 4.69) is 22.1 Å². The van der Waals surface area contributed by atoms with Crippen molar-refractivity contribution in [2.24, 2.45) is 5.73 Å². The zero-order valence-electron chi connectivity index (χ0n) is 13.4. The Hall–Kier alpha value is -1.18. The van der Waals surface area contributed by atoms with Crippen LogP contribution in [-0.4, -0.2) is 28.9 Å². The third-order valence-electron chi connectivity index (χ3n) is 3.93. The van der Waals surface area contributed by atoms with Gasteiger partial charge >= 0.3 is 0 Å². The maximum atomic E-state index is 12.3. The number of hydrogen-bond acceptors (Lipinski definition) is 5. The third kappa shape index (κ3) is 4.68. The lowest BCUT2D eigenvalue weighted by molar-refractivity contribution is -0.117. The number of nitrogens with one attached hydrogen (secondary N) is 1. The number of carbonyl (C=O) groups is 1. The van der Waals surface area contributed by atoms with Crippen LogP contribution in [0.3, 0.4) is 0 Å². The molecule has 1 atom stereocenters. The summed E-state index contributed by atoms with van der Waals surface area (Å²) in [5.74, 6) is -0.218. The molecule has 1 amide bonds. The minimum absolute atomic E-state index is 0. The monoisotopic (exact) mass is 388 g/mol. The number of fused-ring (bicyclic) bond motifs is 1. The van der Waals surface area contributed by atoms with Gasteiger partial charge in [0.25, 0.3) is 0 Å². The van der Waals surface area contributed by atoms with E-state index >= 15 is 0 Å². The van der Waals surface area contributed by atoms with Gasteiger partial charge in [0.05, 0.1) is 5.69 Å². The highest BCUT2D eigenvalue weighted by Crippen LogP contribution is 2.28. The number of likely N-dealkylation sites (N-methyl/N-ethyl adjacent to an activating group) is 1. The standard InChI is InChI=1S/C16H20N4OS.2ClH/c1-2-20-9-8-12-13(10-20)22-16(18-12)19-15(21)14(17)11-6-4-3-5-7-11;;/h3-7,14H,2,8-10,17H2,1H3,(H,18,19,21);2*1H. The Kier molecular flexibility index (Phi) is 8.12.